The van der Waals surface area contributed by atoms with Crippen LogP contribution in [-0.4, -0.2) is 17.0 Å². The predicted octanol–water partition coefficient (Wildman–Crippen LogP) is 3.51. The fraction of sp³-hybridized carbons (Fsp3) is 0.154. The zero-order valence-corrected chi connectivity index (χ0v) is 12.6. The summed E-state index contributed by atoms with van der Waals surface area (Å²) in [6.07, 6.45) is 0. The smallest absolute Gasteiger partial charge is 0.311 e. The third-order valence-corrected chi connectivity index (χ3v) is 3.20. The number of ether oxygens (including phenoxy) is 1. The molecule has 21 heavy (non-hydrogen) atoms. The van der Waals surface area contributed by atoms with E-state index >= 15 is 0 Å². The van der Waals surface area contributed by atoms with Crippen molar-refractivity contribution in [2.45, 2.75) is 6.54 Å². The summed E-state index contributed by atoms with van der Waals surface area (Å²) in [4.78, 5) is 14.4. The van der Waals surface area contributed by atoms with Crippen molar-refractivity contribution in [3.8, 4) is 5.88 Å². The van der Waals surface area contributed by atoms with Crippen LogP contribution in [-0.2, 0) is 6.54 Å². The van der Waals surface area contributed by atoms with Crippen molar-refractivity contribution < 1.29 is 14.1 Å². The summed E-state index contributed by atoms with van der Waals surface area (Å²) in [5.41, 5.74) is 0.162. The van der Waals surface area contributed by atoms with Crippen molar-refractivity contribution in [2.75, 3.05) is 12.4 Å². The van der Waals surface area contributed by atoms with Crippen LogP contribution in [0.3, 0.4) is 0 Å². The first-order chi connectivity index (χ1) is 10.0. The van der Waals surface area contributed by atoms with Crippen LogP contribution in [0.25, 0.3) is 0 Å². The fourth-order valence-corrected chi connectivity index (χ4v) is 2.09. The van der Waals surface area contributed by atoms with Crippen molar-refractivity contribution in [2.24, 2.45) is 0 Å². The monoisotopic (exact) mass is 355 g/mol. The Kier molecular flexibility index (Phi) is 4.69. The number of benzene rings is 1. The van der Waals surface area contributed by atoms with Crippen LogP contribution < -0.4 is 10.1 Å². The Labute approximate surface area is 128 Å². The maximum Gasteiger partial charge on any atom is 0.311 e. The molecular weight excluding hydrogens is 345 g/mol. The average Bonchev–Trinajstić information content (AvgIpc) is 2.47. The molecule has 0 aliphatic heterocycles. The lowest BCUT2D eigenvalue weighted by Crippen LogP contribution is -2.06. The molecule has 0 bridgehead atoms. The van der Waals surface area contributed by atoms with E-state index in [0.29, 0.717) is 10.0 Å². The van der Waals surface area contributed by atoms with Crippen molar-refractivity contribution in [3.63, 3.8) is 0 Å². The van der Waals surface area contributed by atoms with Crippen LogP contribution in [0, 0.1) is 15.9 Å². The number of pyridine rings is 1. The van der Waals surface area contributed by atoms with Gasteiger partial charge in [0.2, 0.25) is 11.7 Å². The molecule has 110 valence electrons. The molecular formula is C13H11BrFN3O3. The topological polar surface area (TPSA) is 77.3 Å². The second-order valence-corrected chi connectivity index (χ2v) is 4.98. The van der Waals surface area contributed by atoms with E-state index in [9.17, 15) is 14.5 Å². The number of rotatable bonds is 5. The zero-order valence-electron chi connectivity index (χ0n) is 11.0. The second kappa shape index (κ2) is 6.49. The standard InChI is InChI=1S/C13H11BrFN3O3/c1-21-12-5-4-11(18(19)20)13(17-12)16-7-8-6-9(14)2-3-10(8)15/h2-6H,7H2,1H3,(H,16,17). The van der Waals surface area contributed by atoms with Crippen LogP contribution in [0.4, 0.5) is 15.9 Å². The van der Waals surface area contributed by atoms with E-state index in [2.05, 4.69) is 26.2 Å². The first-order valence-corrected chi connectivity index (χ1v) is 6.68. The van der Waals surface area contributed by atoms with Gasteiger partial charge in [-0.15, -0.1) is 0 Å². The van der Waals surface area contributed by atoms with E-state index in [4.69, 9.17) is 4.74 Å². The summed E-state index contributed by atoms with van der Waals surface area (Å²) < 4.78 is 19.3. The van der Waals surface area contributed by atoms with Gasteiger partial charge in [0.25, 0.3) is 0 Å². The highest BCUT2D eigenvalue weighted by molar-refractivity contribution is 9.10. The van der Waals surface area contributed by atoms with Gasteiger partial charge in [0, 0.05) is 28.7 Å². The fourth-order valence-electron chi connectivity index (χ4n) is 1.68. The lowest BCUT2D eigenvalue weighted by Gasteiger charge is -2.09. The minimum atomic E-state index is -0.563. The molecule has 1 heterocycles. The van der Waals surface area contributed by atoms with Gasteiger partial charge in [-0.3, -0.25) is 10.1 Å². The van der Waals surface area contributed by atoms with Crippen molar-refractivity contribution >= 4 is 27.4 Å². The number of nitrogens with one attached hydrogen (secondary N) is 1. The molecule has 0 saturated carbocycles. The number of hydrogen-bond donors (Lipinski definition) is 1. The summed E-state index contributed by atoms with van der Waals surface area (Å²) in [7, 11) is 1.41. The molecule has 6 nitrogen and oxygen atoms in total. The Morgan fingerprint density at radius 2 is 2.19 bits per heavy atom. The number of aromatic nitrogens is 1. The highest BCUT2D eigenvalue weighted by atomic mass is 79.9. The average molecular weight is 356 g/mol. The molecule has 0 saturated heterocycles. The molecule has 0 spiro atoms. The van der Waals surface area contributed by atoms with Crippen LogP contribution in [0.5, 0.6) is 5.88 Å². The Morgan fingerprint density at radius 1 is 1.43 bits per heavy atom. The van der Waals surface area contributed by atoms with E-state index in [1.165, 1.54) is 25.3 Å². The summed E-state index contributed by atoms with van der Waals surface area (Å²) in [5, 5.41) is 13.7. The lowest BCUT2D eigenvalue weighted by atomic mass is 10.2. The Morgan fingerprint density at radius 3 is 2.86 bits per heavy atom. The molecule has 0 unspecified atom stereocenters. The first-order valence-electron chi connectivity index (χ1n) is 5.88. The number of halogens is 2. The van der Waals surface area contributed by atoms with E-state index in [1.807, 2.05) is 0 Å². The van der Waals surface area contributed by atoms with Crippen molar-refractivity contribution in [3.05, 3.63) is 56.3 Å². The Balaban J connectivity index is 2.26. The van der Waals surface area contributed by atoms with Gasteiger partial charge in [0.1, 0.15) is 5.82 Å². The highest BCUT2D eigenvalue weighted by Gasteiger charge is 2.16. The molecule has 1 N–H and O–H groups in total. The molecule has 0 aliphatic rings. The lowest BCUT2D eigenvalue weighted by molar-refractivity contribution is -0.384. The minimum Gasteiger partial charge on any atom is -0.481 e. The number of nitrogens with zero attached hydrogens (tertiary/aromatic N) is 2. The maximum atomic E-state index is 13.6. The van der Waals surface area contributed by atoms with Crippen molar-refractivity contribution in [1.82, 2.24) is 4.98 Å². The van der Waals surface area contributed by atoms with Crippen LogP contribution in [0.1, 0.15) is 5.56 Å². The van der Waals surface area contributed by atoms with Gasteiger partial charge >= 0.3 is 5.69 Å². The second-order valence-electron chi connectivity index (χ2n) is 4.07. The van der Waals surface area contributed by atoms with E-state index in [1.54, 1.807) is 12.1 Å². The molecule has 0 fully saturated rings. The number of methoxy groups -OCH3 is 1. The van der Waals surface area contributed by atoms with Crippen LogP contribution >= 0.6 is 15.9 Å². The quantitative estimate of drug-likeness (QED) is 0.655. The molecule has 0 aliphatic carbocycles. The van der Waals surface area contributed by atoms with Gasteiger partial charge in [-0.25, -0.2) is 4.39 Å². The SMILES string of the molecule is COc1ccc([N+](=O)[O-])c(NCc2cc(Br)ccc2F)n1. The molecule has 8 heteroatoms. The largest absolute Gasteiger partial charge is 0.481 e. The van der Waals surface area contributed by atoms with E-state index < -0.39 is 10.7 Å². The first kappa shape index (κ1) is 15.2. The van der Waals surface area contributed by atoms with Crippen LogP contribution in [0.2, 0.25) is 0 Å². The predicted molar refractivity (Wildman–Crippen MR) is 78.9 cm³/mol. The maximum absolute atomic E-state index is 13.6. The highest BCUT2D eigenvalue weighted by Crippen LogP contribution is 2.26. The number of hydrogen-bond acceptors (Lipinski definition) is 5. The summed E-state index contributed by atoms with van der Waals surface area (Å²) >= 11 is 3.24. The number of anilines is 1. The molecule has 2 aromatic rings. The van der Waals surface area contributed by atoms with Gasteiger partial charge in [0.05, 0.1) is 12.0 Å². The minimum absolute atomic E-state index is 0.0266. The van der Waals surface area contributed by atoms with Gasteiger partial charge in [0.15, 0.2) is 0 Å². The van der Waals surface area contributed by atoms with Gasteiger partial charge in [-0.2, -0.15) is 4.98 Å². The molecule has 1 aromatic carbocycles. The van der Waals surface area contributed by atoms with Crippen LogP contribution in [0.15, 0.2) is 34.8 Å². The van der Waals surface area contributed by atoms with Gasteiger partial charge in [-0.1, -0.05) is 15.9 Å². The van der Waals surface area contributed by atoms with E-state index in [-0.39, 0.29) is 23.9 Å². The molecule has 0 radical (unpaired) electrons. The zero-order chi connectivity index (χ0) is 15.4. The molecule has 1 aromatic heterocycles. The van der Waals surface area contributed by atoms with E-state index in [0.717, 1.165) is 0 Å². The third kappa shape index (κ3) is 3.66. The Bertz CT molecular complexity index is 682. The summed E-state index contributed by atoms with van der Waals surface area (Å²) in [5.74, 6) is -0.146. The normalized spacial score (nSPS) is 10.2. The number of nitro groups is 1. The Hall–Kier alpha value is -2.22. The molecule has 2 rings (SSSR count). The summed E-state index contributed by atoms with van der Waals surface area (Å²) in [6, 6.07) is 7.16. The van der Waals surface area contributed by atoms with Gasteiger partial charge < -0.3 is 10.1 Å². The molecule has 0 atom stereocenters. The van der Waals surface area contributed by atoms with Crippen molar-refractivity contribution in [1.29, 1.82) is 0 Å². The molecule has 0 amide bonds. The summed E-state index contributed by atoms with van der Waals surface area (Å²) in [6.45, 7) is 0.0618. The van der Waals surface area contributed by atoms with Gasteiger partial charge in [-0.05, 0) is 18.2 Å². The third-order valence-electron chi connectivity index (χ3n) is 2.71.